The summed E-state index contributed by atoms with van der Waals surface area (Å²) in [5.41, 5.74) is 3.67. The van der Waals surface area contributed by atoms with Crippen molar-refractivity contribution < 1.29 is 9.47 Å². The second kappa shape index (κ2) is 12.0. The molecule has 0 aliphatic carbocycles. The summed E-state index contributed by atoms with van der Waals surface area (Å²) < 4.78 is 14.9. The lowest BCUT2D eigenvalue weighted by molar-refractivity contribution is 0.317. The molecule has 0 aliphatic heterocycles. The monoisotopic (exact) mass is 595 g/mol. The van der Waals surface area contributed by atoms with Gasteiger partial charge >= 0.3 is 0 Å². The second-order valence-corrected chi connectivity index (χ2v) is 10.8. The van der Waals surface area contributed by atoms with Crippen molar-refractivity contribution in [3.8, 4) is 39.8 Å². The number of benzene rings is 3. The predicted octanol–water partition coefficient (Wildman–Crippen LogP) is 6.23. The van der Waals surface area contributed by atoms with E-state index in [0.717, 1.165) is 34.5 Å². The number of halogens is 1. The summed E-state index contributed by atoms with van der Waals surface area (Å²) in [5, 5.41) is 9.85. The topological polar surface area (TPSA) is 83.5 Å². The molecule has 6 aromatic rings. The van der Waals surface area contributed by atoms with Crippen LogP contribution in [0.5, 0.6) is 11.5 Å². The average molecular weight is 596 g/mol. The third-order valence-corrected chi connectivity index (χ3v) is 7.63. The van der Waals surface area contributed by atoms with Crippen LogP contribution in [0.3, 0.4) is 0 Å². The molecule has 0 radical (unpaired) electrons. The standard InChI is InChI=1S/C32H26ClN5O3S/c1-3-16-40-25-13-10-21(11-14-25)30-34-32-38(36-30)31(39)28(42-32)19-23-20-37(24-8-6-5-7-9-24)35-29(23)22-12-15-27(26(33)18-22)41-17-4-2/h3,5-15,18-20H,1,4,16-17H2,2H3. The fourth-order valence-corrected chi connectivity index (χ4v) is 5.49. The third kappa shape index (κ3) is 5.57. The summed E-state index contributed by atoms with van der Waals surface area (Å²) >= 11 is 7.84. The number of hydrogen-bond acceptors (Lipinski definition) is 7. The summed E-state index contributed by atoms with van der Waals surface area (Å²) in [6.45, 7) is 6.71. The van der Waals surface area contributed by atoms with Gasteiger partial charge in [-0.15, -0.1) is 5.10 Å². The Labute approximate surface area is 250 Å². The lowest BCUT2D eigenvalue weighted by atomic mass is 10.1. The molecule has 6 rings (SSSR count). The fraction of sp³-hybridized carbons (Fsp3) is 0.125. The van der Waals surface area contributed by atoms with E-state index in [4.69, 9.17) is 26.2 Å². The Kier molecular flexibility index (Phi) is 7.85. The summed E-state index contributed by atoms with van der Waals surface area (Å²) in [5.74, 6) is 1.81. The summed E-state index contributed by atoms with van der Waals surface area (Å²) in [6, 6.07) is 22.8. The zero-order chi connectivity index (χ0) is 29.1. The fourth-order valence-electron chi connectivity index (χ4n) is 4.36. The summed E-state index contributed by atoms with van der Waals surface area (Å²) in [6.07, 6.45) is 6.30. The van der Waals surface area contributed by atoms with Gasteiger partial charge in [-0.25, -0.2) is 4.68 Å². The number of nitrogens with zero attached hydrogens (tertiary/aromatic N) is 5. The van der Waals surface area contributed by atoms with Gasteiger partial charge in [-0.1, -0.05) is 60.7 Å². The molecule has 0 N–H and O–H groups in total. The zero-order valence-electron chi connectivity index (χ0n) is 22.7. The van der Waals surface area contributed by atoms with Crippen LogP contribution in [0.25, 0.3) is 39.4 Å². The largest absolute Gasteiger partial charge is 0.492 e. The smallest absolute Gasteiger partial charge is 0.291 e. The van der Waals surface area contributed by atoms with Crippen LogP contribution in [0.15, 0.2) is 96.4 Å². The Morgan fingerprint density at radius 2 is 1.79 bits per heavy atom. The molecule has 42 heavy (non-hydrogen) atoms. The van der Waals surface area contributed by atoms with Gasteiger partial charge in [-0.05, 0) is 67.1 Å². The molecule has 0 bridgehead atoms. The lowest BCUT2D eigenvalue weighted by Crippen LogP contribution is -2.23. The molecule has 0 amide bonds. The highest BCUT2D eigenvalue weighted by Gasteiger charge is 2.16. The molecule has 0 atom stereocenters. The van der Waals surface area contributed by atoms with Gasteiger partial charge in [0.05, 0.1) is 21.8 Å². The van der Waals surface area contributed by atoms with Crippen molar-refractivity contribution in [3.63, 3.8) is 0 Å². The molecule has 0 fully saturated rings. The van der Waals surface area contributed by atoms with Crippen LogP contribution in [0.4, 0.5) is 0 Å². The van der Waals surface area contributed by atoms with E-state index < -0.39 is 0 Å². The van der Waals surface area contributed by atoms with E-state index in [1.807, 2.05) is 92.0 Å². The molecule has 0 saturated carbocycles. The Morgan fingerprint density at radius 1 is 1.00 bits per heavy atom. The molecule has 3 heterocycles. The number of hydrogen-bond donors (Lipinski definition) is 0. The van der Waals surface area contributed by atoms with Crippen molar-refractivity contribution >= 4 is 34.0 Å². The van der Waals surface area contributed by atoms with E-state index in [0.29, 0.717) is 45.0 Å². The maximum atomic E-state index is 13.4. The molecule has 0 aliphatic rings. The minimum atomic E-state index is -0.251. The maximum absolute atomic E-state index is 13.4. The highest BCUT2D eigenvalue weighted by atomic mass is 35.5. The summed E-state index contributed by atoms with van der Waals surface area (Å²) in [4.78, 5) is 18.5. The van der Waals surface area contributed by atoms with Crippen LogP contribution >= 0.6 is 22.9 Å². The Bertz CT molecular complexity index is 1980. The van der Waals surface area contributed by atoms with Crippen molar-refractivity contribution in [2.24, 2.45) is 0 Å². The zero-order valence-corrected chi connectivity index (χ0v) is 24.3. The first-order valence-electron chi connectivity index (χ1n) is 13.4. The molecule has 0 spiro atoms. The van der Waals surface area contributed by atoms with Crippen LogP contribution in [-0.4, -0.2) is 37.6 Å². The van der Waals surface area contributed by atoms with Crippen LogP contribution in [0, 0.1) is 0 Å². The number of aromatic nitrogens is 5. The predicted molar refractivity (Wildman–Crippen MR) is 167 cm³/mol. The van der Waals surface area contributed by atoms with Crippen molar-refractivity contribution in [3.05, 3.63) is 117 Å². The van der Waals surface area contributed by atoms with E-state index in [2.05, 4.69) is 16.7 Å². The molecular formula is C32H26ClN5O3S. The summed E-state index contributed by atoms with van der Waals surface area (Å²) in [7, 11) is 0. The average Bonchev–Trinajstić information content (AvgIpc) is 3.71. The van der Waals surface area contributed by atoms with Gasteiger partial charge in [0.25, 0.3) is 5.56 Å². The van der Waals surface area contributed by atoms with E-state index in [-0.39, 0.29) is 5.56 Å². The molecule has 8 nitrogen and oxygen atoms in total. The normalized spacial score (nSPS) is 11.7. The quantitative estimate of drug-likeness (QED) is 0.175. The number of fused-ring (bicyclic) bond motifs is 1. The van der Waals surface area contributed by atoms with Gasteiger partial charge in [0.2, 0.25) is 4.96 Å². The van der Waals surface area contributed by atoms with Crippen LogP contribution < -0.4 is 19.6 Å². The number of para-hydroxylation sites is 1. The highest BCUT2D eigenvalue weighted by molar-refractivity contribution is 7.15. The Hall–Kier alpha value is -4.73. The first-order chi connectivity index (χ1) is 20.5. The van der Waals surface area contributed by atoms with Crippen LogP contribution in [0.1, 0.15) is 18.9 Å². The van der Waals surface area contributed by atoms with Crippen LogP contribution in [0.2, 0.25) is 5.02 Å². The molecule has 10 heteroatoms. The van der Waals surface area contributed by atoms with Crippen molar-refractivity contribution in [2.75, 3.05) is 13.2 Å². The van der Waals surface area contributed by atoms with E-state index in [1.165, 1.54) is 15.9 Å². The van der Waals surface area contributed by atoms with Crippen molar-refractivity contribution in [1.29, 1.82) is 0 Å². The highest BCUT2D eigenvalue weighted by Crippen LogP contribution is 2.32. The SMILES string of the molecule is C=CCOc1ccc(-c2nc3sc(=Cc4cn(-c5ccccc5)nc4-c4ccc(OCCC)c(Cl)c4)c(=O)n3n2)cc1. The van der Waals surface area contributed by atoms with Crippen molar-refractivity contribution in [2.45, 2.75) is 13.3 Å². The number of thiazole rings is 1. The molecule has 0 saturated heterocycles. The second-order valence-electron chi connectivity index (χ2n) is 9.38. The van der Waals surface area contributed by atoms with Gasteiger partial charge in [-0.3, -0.25) is 4.79 Å². The maximum Gasteiger partial charge on any atom is 0.291 e. The van der Waals surface area contributed by atoms with Crippen molar-refractivity contribution in [1.82, 2.24) is 24.4 Å². The molecule has 3 aromatic heterocycles. The van der Waals surface area contributed by atoms with Gasteiger partial charge < -0.3 is 9.47 Å². The van der Waals surface area contributed by atoms with Gasteiger partial charge in [-0.2, -0.15) is 14.6 Å². The minimum Gasteiger partial charge on any atom is -0.492 e. The van der Waals surface area contributed by atoms with E-state index in [1.54, 1.807) is 10.8 Å². The Balaban J connectivity index is 1.39. The van der Waals surface area contributed by atoms with Gasteiger partial charge in [0.1, 0.15) is 23.8 Å². The minimum absolute atomic E-state index is 0.251. The van der Waals surface area contributed by atoms with Gasteiger partial charge in [0, 0.05) is 22.9 Å². The third-order valence-electron chi connectivity index (χ3n) is 6.38. The lowest BCUT2D eigenvalue weighted by Gasteiger charge is -2.08. The first-order valence-corrected chi connectivity index (χ1v) is 14.6. The first kappa shape index (κ1) is 27.4. The molecule has 210 valence electrons. The van der Waals surface area contributed by atoms with Gasteiger partial charge in [0.15, 0.2) is 5.82 Å². The number of rotatable bonds is 10. The molecule has 3 aromatic carbocycles. The number of ether oxygens (including phenoxy) is 2. The van der Waals surface area contributed by atoms with E-state index in [9.17, 15) is 4.79 Å². The molecule has 0 unspecified atom stereocenters. The van der Waals surface area contributed by atoms with E-state index >= 15 is 0 Å². The van der Waals surface area contributed by atoms with Crippen LogP contribution in [-0.2, 0) is 0 Å². The molecular weight excluding hydrogens is 570 g/mol. The Morgan fingerprint density at radius 3 is 2.50 bits per heavy atom.